The first-order valence-corrected chi connectivity index (χ1v) is 14.7. The van der Waals surface area contributed by atoms with E-state index in [1.807, 2.05) is 27.7 Å². The summed E-state index contributed by atoms with van der Waals surface area (Å²) in [5.74, 6) is 3.91. The average Bonchev–Trinajstić information content (AvgIpc) is 3.23. The summed E-state index contributed by atoms with van der Waals surface area (Å²) >= 11 is 0. The summed E-state index contributed by atoms with van der Waals surface area (Å²) in [5, 5.41) is 10.2. The van der Waals surface area contributed by atoms with Crippen LogP contribution in [0.15, 0.2) is 30.3 Å². The number of carbonyl (C=O) groups is 1. The van der Waals surface area contributed by atoms with Crippen LogP contribution >= 0.6 is 0 Å². The van der Waals surface area contributed by atoms with Crippen LogP contribution in [-0.4, -0.2) is 17.0 Å². The van der Waals surface area contributed by atoms with Gasteiger partial charge in [0.15, 0.2) is 0 Å². The molecule has 0 aliphatic heterocycles. The van der Waals surface area contributed by atoms with E-state index in [-0.39, 0.29) is 17.4 Å². The molecule has 1 aromatic carbocycles. The monoisotopic (exact) mass is 468 g/mol. The van der Waals surface area contributed by atoms with Crippen molar-refractivity contribution in [3.8, 4) is 0 Å². The van der Waals surface area contributed by atoms with Gasteiger partial charge in [0.1, 0.15) is 5.78 Å². The SMILES string of the molecule is CC.CC.C[C@]12CC[C@H](O)CC1CC[C@@H]1C2CC[C@@]2(C)C1CC[C@@H]2C(=O)CCc1ccccc1. The molecule has 5 rings (SSSR count). The topological polar surface area (TPSA) is 37.3 Å². The zero-order valence-corrected chi connectivity index (χ0v) is 23.0. The van der Waals surface area contributed by atoms with Gasteiger partial charge >= 0.3 is 0 Å². The highest BCUT2D eigenvalue weighted by Gasteiger charge is 2.60. The van der Waals surface area contributed by atoms with Crippen molar-refractivity contribution in [2.75, 3.05) is 0 Å². The standard InChI is InChI=1S/C28H40O2.2C2H6/c1-27-16-14-21(29)18-20(27)9-10-22-23-11-12-25(28(23,2)17-15-24(22)27)26(30)13-8-19-6-4-3-5-7-19;2*1-2/h3-7,20-25,29H,8-18H2,1-2H3;2*1-2H3/t20?,21-,22-,23?,24?,25+,27-,28-;;/m0../s1. The van der Waals surface area contributed by atoms with Gasteiger partial charge in [-0.1, -0.05) is 71.9 Å². The summed E-state index contributed by atoms with van der Waals surface area (Å²) in [7, 11) is 0. The Kier molecular flexibility index (Phi) is 9.46. The minimum absolute atomic E-state index is 0.0634. The molecule has 0 aromatic heterocycles. The van der Waals surface area contributed by atoms with Crippen molar-refractivity contribution in [3.05, 3.63) is 35.9 Å². The van der Waals surface area contributed by atoms with Crippen molar-refractivity contribution in [2.24, 2.45) is 40.4 Å². The Hall–Kier alpha value is -1.15. The molecule has 2 nitrogen and oxygen atoms in total. The Morgan fingerprint density at radius 2 is 1.50 bits per heavy atom. The van der Waals surface area contributed by atoms with Crippen LogP contribution in [0.2, 0.25) is 0 Å². The second-order valence-corrected chi connectivity index (χ2v) is 11.7. The molecule has 3 unspecified atom stereocenters. The van der Waals surface area contributed by atoms with Crippen LogP contribution in [-0.2, 0) is 11.2 Å². The first kappa shape index (κ1) is 27.4. The molecule has 0 spiro atoms. The number of hydrogen-bond donors (Lipinski definition) is 1. The molecule has 8 atom stereocenters. The van der Waals surface area contributed by atoms with E-state index >= 15 is 0 Å². The normalized spacial score (nSPS) is 40.3. The van der Waals surface area contributed by atoms with Crippen LogP contribution in [0, 0.1) is 40.4 Å². The van der Waals surface area contributed by atoms with Crippen LogP contribution in [0.4, 0.5) is 0 Å². The molecule has 34 heavy (non-hydrogen) atoms. The average molecular weight is 469 g/mol. The van der Waals surface area contributed by atoms with Gasteiger partial charge in [0.05, 0.1) is 6.10 Å². The van der Waals surface area contributed by atoms with Gasteiger partial charge in [-0.25, -0.2) is 0 Å². The van der Waals surface area contributed by atoms with Gasteiger partial charge in [-0.2, -0.15) is 0 Å². The second-order valence-electron chi connectivity index (χ2n) is 11.7. The van der Waals surface area contributed by atoms with Gasteiger partial charge in [0, 0.05) is 12.3 Å². The van der Waals surface area contributed by atoms with Gasteiger partial charge < -0.3 is 5.11 Å². The van der Waals surface area contributed by atoms with E-state index < -0.39 is 0 Å². The second kappa shape index (κ2) is 11.7. The Labute approximate surface area is 210 Å². The summed E-state index contributed by atoms with van der Waals surface area (Å²) in [6, 6.07) is 10.5. The lowest BCUT2D eigenvalue weighted by Gasteiger charge is -2.60. The first-order chi connectivity index (χ1) is 16.4. The molecule has 1 aromatic rings. The highest BCUT2D eigenvalue weighted by Crippen LogP contribution is 2.67. The van der Waals surface area contributed by atoms with E-state index in [0.717, 1.165) is 49.4 Å². The number of rotatable bonds is 4. The quantitative estimate of drug-likeness (QED) is 0.483. The maximum atomic E-state index is 13.3. The molecule has 0 radical (unpaired) electrons. The Bertz CT molecular complexity index is 772. The van der Waals surface area contributed by atoms with E-state index in [9.17, 15) is 9.90 Å². The third-order valence-electron chi connectivity index (χ3n) is 10.5. The molecule has 2 heteroatoms. The maximum absolute atomic E-state index is 13.3. The number of Topliss-reactive ketones (excluding diaryl/α,β-unsaturated/α-hetero) is 1. The lowest BCUT2D eigenvalue weighted by molar-refractivity contribution is -0.139. The van der Waals surface area contributed by atoms with Gasteiger partial charge in [0.2, 0.25) is 0 Å². The zero-order valence-electron chi connectivity index (χ0n) is 23.0. The van der Waals surface area contributed by atoms with Crippen LogP contribution in [0.25, 0.3) is 0 Å². The molecular weight excluding hydrogens is 416 g/mol. The largest absolute Gasteiger partial charge is 0.393 e. The molecule has 0 bridgehead atoms. The maximum Gasteiger partial charge on any atom is 0.136 e. The van der Waals surface area contributed by atoms with Crippen molar-refractivity contribution in [2.45, 2.75) is 118 Å². The molecule has 0 saturated heterocycles. The van der Waals surface area contributed by atoms with E-state index in [4.69, 9.17) is 0 Å². The molecule has 4 saturated carbocycles. The molecule has 1 N–H and O–H groups in total. The van der Waals surface area contributed by atoms with Crippen LogP contribution in [0.1, 0.15) is 111 Å². The third kappa shape index (κ3) is 5.04. The Morgan fingerprint density at radius 3 is 2.21 bits per heavy atom. The van der Waals surface area contributed by atoms with Crippen molar-refractivity contribution >= 4 is 5.78 Å². The highest BCUT2D eigenvalue weighted by atomic mass is 16.3. The fourth-order valence-corrected chi connectivity index (χ4v) is 8.85. The molecule has 0 amide bonds. The van der Waals surface area contributed by atoms with Crippen molar-refractivity contribution < 1.29 is 9.90 Å². The molecule has 4 fully saturated rings. The minimum Gasteiger partial charge on any atom is -0.393 e. The first-order valence-electron chi connectivity index (χ1n) is 14.7. The molecular formula is C32H52O2. The van der Waals surface area contributed by atoms with E-state index in [0.29, 0.717) is 17.6 Å². The van der Waals surface area contributed by atoms with Gasteiger partial charge in [-0.3, -0.25) is 4.79 Å². The number of aliphatic hydroxyl groups excluding tert-OH is 1. The fourth-order valence-electron chi connectivity index (χ4n) is 8.85. The number of aliphatic hydroxyl groups is 1. The van der Waals surface area contributed by atoms with E-state index in [2.05, 4.69) is 44.2 Å². The number of carbonyl (C=O) groups excluding carboxylic acids is 1. The highest BCUT2D eigenvalue weighted by molar-refractivity contribution is 5.82. The van der Waals surface area contributed by atoms with Gasteiger partial charge in [-0.15, -0.1) is 0 Å². The summed E-state index contributed by atoms with van der Waals surface area (Å²) in [4.78, 5) is 13.3. The lowest BCUT2D eigenvalue weighted by atomic mass is 9.44. The minimum atomic E-state index is -0.0634. The Morgan fingerprint density at radius 1 is 0.853 bits per heavy atom. The van der Waals surface area contributed by atoms with Gasteiger partial charge in [0.25, 0.3) is 0 Å². The molecule has 4 aliphatic carbocycles. The molecule has 192 valence electrons. The number of fused-ring (bicyclic) bond motifs is 5. The predicted molar refractivity (Wildman–Crippen MR) is 144 cm³/mol. The van der Waals surface area contributed by atoms with Crippen LogP contribution in [0.5, 0.6) is 0 Å². The summed E-state index contributed by atoms with van der Waals surface area (Å²) in [6.07, 6.45) is 12.4. The van der Waals surface area contributed by atoms with E-state index in [1.54, 1.807) is 0 Å². The third-order valence-corrected chi connectivity index (χ3v) is 10.5. The van der Waals surface area contributed by atoms with E-state index in [1.165, 1.54) is 44.1 Å². The van der Waals surface area contributed by atoms with Crippen LogP contribution in [0.3, 0.4) is 0 Å². The molecule has 4 aliphatic rings. The summed E-state index contributed by atoms with van der Waals surface area (Å²) in [5.41, 5.74) is 1.95. The number of hydrogen-bond acceptors (Lipinski definition) is 2. The summed E-state index contributed by atoms with van der Waals surface area (Å²) < 4.78 is 0. The van der Waals surface area contributed by atoms with Crippen molar-refractivity contribution in [3.63, 3.8) is 0 Å². The van der Waals surface area contributed by atoms with Crippen LogP contribution < -0.4 is 0 Å². The number of aryl methyl sites for hydroxylation is 1. The summed E-state index contributed by atoms with van der Waals surface area (Å²) in [6.45, 7) is 13.0. The number of benzene rings is 1. The van der Waals surface area contributed by atoms with Crippen molar-refractivity contribution in [1.29, 1.82) is 0 Å². The lowest BCUT2D eigenvalue weighted by Crippen LogP contribution is -2.54. The fraction of sp³-hybridized carbons (Fsp3) is 0.781. The number of ketones is 1. The van der Waals surface area contributed by atoms with Crippen molar-refractivity contribution in [1.82, 2.24) is 0 Å². The predicted octanol–water partition coefficient (Wildman–Crippen LogP) is 8.26. The zero-order chi connectivity index (χ0) is 24.9. The molecule has 0 heterocycles. The van der Waals surface area contributed by atoms with Gasteiger partial charge in [-0.05, 0) is 104 Å². The smallest absolute Gasteiger partial charge is 0.136 e. The Balaban J connectivity index is 0.000000771.